The Hall–Kier alpha value is -1.37. The van der Waals surface area contributed by atoms with E-state index >= 15 is 0 Å². The number of nitrogens with one attached hydrogen (secondary N) is 1. The number of aromatic amines is 1. The summed E-state index contributed by atoms with van der Waals surface area (Å²) >= 11 is 1.08. The average molecular weight is 393 g/mol. The molecule has 0 saturated carbocycles. The van der Waals surface area contributed by atoms with Gasteiger partial charge in [0.1, 0.15) is 23.9 Å². The van der Waals surface area contributed by atoms with E-state index < -0.39 is 43.9 Å². The lowest BCUT2D eigenvalue weighted by atomic mass is 9.92. The summed E-state index contributed by atoms with van der Waals surface area (Å²) in [5.41, 5.74) is 3.51. The van der Waals surface area contributed by atoms with Crippen molar-refractivity contribution in [1.82, 2.24) is 9.97 Å². The summed E-state index contributed by atoms with van der Waals surface area (Å²) < 4.78 is 20.7. The maximum atomic E-state index is 11.9. The quantitative estimate of drug-likeness (QED) is 0.360. The summed E-state index contributed by atoms with van der Waals surface area (Å²) in [4.78, 5) is 36.2. The molecule has 1 aliphatic heterocycles. The minimum Gasteiger partial charge on any atom is -0.387 e. The molecule has 25 heavy (non-hydrogen) atoms. The predicted molar refractivity (Wildman–Crippen MR) is 86.9 cm³/mol. The van der Waals surface area contributed by atoms with Crippen molar-refractivity contribution in [2.75, 3.05) is 12.3 Å². The van der Waals surface area contributed by atoms with Crippen molar-refractivity contribution >= 4 is 36.0 Å². The van der Waals surface area contributed by atoms with Gasteiger partial charge in [-0.15, -0.1) is 11.3 Å². The number of thiophene rings is 1. The Morgan fingerprint density at radius 1 is 1.56 bits per heavy atom. The van der Waals surface area contributed by atoms with Crippen molar-refractivity contribution in [2.45, 2.75) is 30.8 Å². The van der Waals surface area contributed by atoms with Crippen LogP contribution in [0.1, 0.15) is 17.9 Å². The van der Waals surface area contributed by atoms with E-state index in [1.165, 1.54) is 12.3 Å². The molecular formula is C12H16N3O8PS. The zero-order valence-corrected chi connectivity index (χ0v) is 14.5. The molecule has 1 aliphatic rings. The molecule has 0 bridgehead atoms. The van der Waals surface area contributed by atoms with E-state index in [2.05, 4.69) is 14.5 Å². The number of nitrogens with zero attached hydrogens (tertiary/aromatic N) is 1. The Balaban J connectivity index is 1.97. The third kappa shape index (κ3) is 3.35. The van der Waals surface area contributed by atoms with Gasteiger partial charge in [-0.1, -0.05) is 0 Å². The number of ether oxygens (including phenoxy) is 1. The van der Waals surface area contributed by atoms with Crippen LogP contribution >= 0.6 is 19.2 Å². The van der Waals surface area contributed by atoms with Crippen LogP contribution in [0.4, 0.5) is 5.95 Å². The molecule has 7 N–H and O–H groups in total. The van der Waals surface area contributed by atoms with Crippen LogP contribution in [0.15, 0.2) is 10.2 Å². The summed E-state index contributed by atoms with van der Waals surface area (Å²) in [7, 11) is -4.76. The van der Waals surface area contributed by atoms with Crippen LogP contribution in [-0.4, -0.2) is 54.4 Å². The first-order valence-corrected chi connectivity index (χ1v) is 9.44. The molecule has 1 saturated heterocycles. The zero-order chi connectivity index (χ0) is 18.6. The maximum Gasteiger partial charge on any atom is 0.469 e. The van der Waals surface area contributed by atoms with Crippen molar-refractivity contribution in [3.63, 3.8) is 0 Å². The fraction of sp³-hybridized carbons (Fsp3) is 0.500. The molecule has 4 atom stereocenters. The summed E-state index contributed by atoms with van der Waals surface area (Å²) in [5, 5.41) is 22.6. The summed E-state index contributed by atoms with van der Waals surface area (Å²) in [6.07, 6.45) is -3.77. The van der Waals surface area contributed by atoms with Crippen LogP contribution in [0.25, 0.3) is 10.9 Å². The van der Waals surface area contributed by atoms with Crippen molar-refractivity contribution in [3.8, 4) is 0 Å². The lowest BCUT2D eigenvalue weighted by Gasteiger charge is -2.26. The highest BCUT2D eigenvalue weighted by atomic mass is 32.1. The molecule has 0 radical (unpaired) electrons. The fourth-order valence-corrected chi connectivity index (χ4v) is 4.20. The molecule has 2 aromatic heterocycles. The number of nitrogens with two attached hydrogens (primary N) is 1. The molecule has 1 fully saturated rings. The van der Waals surface area contributed by atoms with Crippen LogP contribution in [0.5, 0.6) is 0 Å². The topological polar surface area (TPSA) is 188 Å². The van der Waals surface area contributed by atoms with Gasteiger partial charge in [0.05, 0.1) is 22.4 Å². The number of phosphoric ester groups is 1. The normalized spacial score (nSPS) is 30.2. The molecule has 3 rings (SSSR count). The molecule has 3 heterocycles. The Morgan fingerprint density at radius 3 is 2.88 bits per heavy atom. The van der Waals surface area contributed by atoms with Crippen molar-refractivity contribution in [3.05, 3.63) is 20.6 Å². The number of H-pyrrole nitrogens is 1. The highest BCUT2D eigenvalue weighted by Crippen LogP contribution is 2.46. The fourth-order valence-electron chi connectivity index (χ4n) is 2.71. The van der Waals surface area contributed by atoms with Crippen LogP contribution in [-0.2, 0) is 13.8 Å². The number of hydrogen-bond acceptors (Lipinski definition) is 9. The van der Waals surface area contributed by atoms with Crippen LogP contribution in [0.2, 0.25) is 0 Å². The first kappa shape index (κ1) is 18.4. The van der Waals surface area contributed by atoms with Crippen LogP contribution in [0.3, 0.4) is 0 Å². The molecule has 0 amide bonds. The van der Waals surface area contributed by atoms with Gasteiger partial charge in [-0.25, -0.2) is 9.55 Å². The number of anilines is 1. The Morgan fingerprint density at radius 2 is 2.24 bits per heavy atom. The number of aliphatic hydroxyl groups excluding tert-OH is 1. The number of rotatable bonds is 4. The number of fused-ring (bicyclic) bond motifs is 1. The van der Waals surface area contributed by atoms with E-state index in [9.17, 15) is 19.6 Å². The Labute approximate surface area is 144 Å². The molecule has 2 aromatic rings. The van der Waals surface area contributed by atoms with Gasteiger partial charge in [0, 0.05) is 5.38 Å². The summed E-state index contributed by atoms with van der Waals surface area (Å²) in [5.74, 6) is -0.114. The Kier molecular flexibility index (Phi) is 4.50. The monoisotopic (exact) mass is 393 g/mol. The van der Waals surface area contributed by atoms with Gasteiger partial charge in [0.2, 0.25) is 5.95 Å². The first-order valence-electron chi connectivity index (χ1n) is 7.03. The second-order valence-electron chi connectivity index (χ2n) is 5.82. The van der Waals surface area contributed by atoms with Gasteiger partial charge in [0.15, 0.2) is 0 Å². The van der Waals surface area contributed by atoms with Gasteiger partial charge >= 0.3 is 7.82 Å². The molecule has 0 aliphatic carbocycles. The van der Waals surface area contributed by atoms with Gasteiger partial charge in [-0.05, 0) is 6.92 Å². The molecule has 11 nitrogen and oxygen atoms in total. The summed E-state index contributed by atoms with van der Waals surface area (Å²) in [6.45, 7) is 0.680. The van der Waals surface area contributed by atoms with Gasteiger partial charge < -0.3 is 30.5 Å². The van der Waals surface area contributed by atoms with E-state index in [1.54, 1.807) is 0 Å². The SMILES string of the molecule is C[C@@]1(O)[C@H](O)C(COP(=O)(O)O)O[C@H]1c1scc2c(=O)[nH]c(N)nc12. The van der Waals surface area contributed by atoms with Gasteiger partial charge in [-0.2, -0.15) is 0 Å². The number of hydrogen-bond donors (Lipinski definition) is 6. The number of aromatic nitrogens is 2. The van der Waals surface area contributed by atoms with Crippen molar-refractivity contribution in [2.24, 2.45) is 0 Å². The van der Waals surface area contributed by atoms with Crippen LogP contribution in [0, 0.1) is 0 Å². The van der Waals surface area contributed by atoms with Gasteiger partial charge in [-0.3, -0.25) is 14.3 Å². The second kappa shape index (κ2) is 6.11. The lowest BCUT2D eigenvalue weighted by Crippen LogP contribution is -2.43. The average Bonchev–Trinajstić information content (AvgIpc) is 2.97. The van der Waals surface area contributed by atoms with E-state index in [0.29, 0.717) is 4.88 Å². The van der Waals surface area contributed by atoms with E-state index in [4.69, 9.17) is 20.3 Å². The second-order valence-corrected chi connectivity index (χ2v) is 7.98. The van der Waals surface area contributed by atoms with E-state index in [-0.39, 0.29) is 16.9 Å². The Bertz CT molecular complexity index is 905. The number of nitrogen functional groups attached to an aromatic ring is 1. The summed E-state index contributed by atoms with van der Waals surface area (Å²) in [6, 6.07) is 0. The lowest BCUT2D eigenvalue weighted by molar-refractivity contribution is -0.0630. The van der Waals surface area contributed by atoms with E-state index in [0.717, 1.165) is 11.3 Å². The molecule has 13 heteroatoms. The molecular weight excluding hydrogens is 377 g/mol. The highest BCUT2D eigenvalue weighted by Gasteiger charge is 2.54. The minimum absolute atomic E-state index is 0.114. The molecule has 138 valence electrons. The van der Waals surface area contributed by atoms with Gasteiger partial charge in [0.25, 0.3) is 5.56 Å². The van der Waals surface area contributed by atoms with Crippen molar-refractivity contribution in [1.29, 1.82) is 0 Å². The third-order valence-corrected chi connectivity index (χ3v) is 5.45. The standard InChI is InChI=1S/C12H16N3O8PS/c1-12(18)8(16)5(2-22-24(19,20)21)23-9(12)7-6-4(3-25-7)10(17)15-11(13)14-6/h3,5,8-9,16,18H,2H2,1H3,(H2,19,20,21)(H3,13,14,15,17)/t5?,8-,9+,12-/m1/s1. The third-order valence-electron chi connectivity index (χ3n) is 3.95. The van der Waals surface area contributed by atoms with Crippen LogP contribution < -0.4 is 11.3 Å². The molecule has 0 spiro atoms. The highest BCUT2D eigenvalue weighted by molar-refractivity contribution is 7.46. The first-order chi connectivity index (χ1) is 11.5. The largest absolute Gasteiger partial charge is 0.469 e. The molecule has 0 aromatic carbocycles. The smallest absolute Gasteiger partial charge is 0.387 e. The van der Waals surface area contributed by atoms with E-state index in [1.807, 2.05) is 0 Å². The molecule has 1 unspecified atom stereocenters. The number of phosphoric acid groups is 1. The van der Waals surface area contributed by atoms with Crippen molar-refractivity contribution < 1.29 is 33.8 Å². The number of aliphatic hydroxyl groups is 2. The zero-order valence-electron chi connectivity index (χ0n) is 12.8. The predicted octanol–water partition coefficient (Wildman–Crippen LogP) is -0.772. The maximum absolute atomic E-state index is 11.9. The minimum atomic E-state index is -4.76.